The summed E-state index contributed by atoms with van der Waals surface area (Å²) in [5, 5.41) is 0. The highest BCUT2D eigenvalue weighted by Gasteiger charge is 2.38. The molecule has 0 aliphatic carbocycles. The minimum Gasteiger partial charge on any atom is -0.488 e. The zero-order valence-corrected chi connectivity index (χ0v) is 11.6. The van der Waals surface area contributed by atoms with Crippen LogP contribution in [-0.2, 0) is 4.74 Å². The molecule has 0 unspecified atom stereocenters. The molecule has 0 aromatic heterocycles. The molecule has 0 saturated heterocycles. The number of hydrogen-bond acceptors (Lipinski definition) is 3. The van der Waals surface area contributed by atoms with Gasteiger partial charge in [-0.3, -0.25) is 0 Å². The number of allylic oxidation sites excluding steroid dienone is 1. The van der Waals surface area contributed by atoms with Crippen LogP contribution in [0.4, 0.5) is 13.2 Å². The van der Waals surface area contributed by atoms with Gasteiger partial charge in [0.05, 0.1) is 10.8 Å². The van der Waals surface area contributed by atoms with Gasteiger partial charge in [0.15, 0.2) is 0 Å². The molecule has 0 amide bonds. The summed E-state index contributed by atoms with van der Waals surface area (Å²) in [6.45, 7) is 1.53. The van der Waals surface area contributed by atoms with Crippen LogP contribution in [0.5, 0.6) is 0 Å². The maximum Gasteiger partial charge on any atom is 0.450 e. The molecule has 0 atom stereocenters. The quantitative estimate of drug-likeness (QED) is 0.564. The Bertz CT molecular complexity index is 402. The van der Waals surface area contributed by atoms with Gasteiger partial charge in [0, 0.05) is 4.90 Å². The van der Waals surface area contributed by atoms with Crippen LogP contribution in [-0.4, -0.2) is 19.0 Å². The third kappa shape index (κ3) is 4.49. The van der Waals surface area contributed by atoms with Gasteiger partial charge in [-0.05, 0) is 25.3 Å². The lowest BCUT2D eigenvalue weighted by atomic mass is 10.4. The molecule has 1 rings (SSSR count). The van der Waals surface area contributed by atoms with E-state index in [1.54, 1.807) is 30.5 Å². The van der Waals surface area contributed by atoms with Gasteiger partial charge >= 0.3 is 6.18 Å². The lowest BCUT2D eigenvalue weighted by molar-refractivity contribution is -0.129. The number of hydrogen-bond donors (Lipinski definition) is 0. The number of halogens is 3. The summed E-state index contributed by atoms with van der Waals surface area (Å²) in [6, 6.07) is 8.92. The summed E-state index contributed by atoms with van der Waals surface area (Å²) in [7, 11) is 0. The second-order valence-corrected chi connectivity index (χ2v) is 5.33. The van der Waals surface area contributed by atoms with Crippen LogP contribution < -0.4 is 0 Å². The third-order valence-electron chi connectivity index (χ3n) is 1.87. The standard InChI is InChI=1S/C12H13F3OS2/c1-3-16-10(12(13,14)15)11(17-2)18-9-7-5-4-6-8-9/h4-8H,3H2,1-2H3/b11-10+. The molecule has 0 aliphatic heterocycles. The smallest absolute Gasteiger partial charge is 0.450 e. The molecule has 18 heavy (non-hydrogen) atoms. The van der Waals surface area contributed by atoms with Crippen molar-refractivity contribution in [3.63, 3.8) is 0 Å². The molecule has 100 valence electrons. The zero-order valence-electron chi connectivity index (χ0n) is 9.95. The Kier molecular flexibility index (Phi) is 5.95. The van der Waals surface area contributed by atoms with Crippen molar-refractivity contribution in [2.75, 3.05) is 12.9 Å². The Morgan fingerprint density at radius 3 is 2.28 bits per heavy atom. The van der Waals surface area contributed by atoms with E-state index in [0.29, 0.717) is 0 Å². The van der Waals surface area contributed by atoms with Gasteiger partial charge in [0.1, 0.15) is 0 Å². The molecule has 1 aromatic carbocycles. The molecular weight excluding hydrogens is 281 g/mol. The predicted octanol–water partition coefficient (Wildman–Crippen LogP) is 4.91. The molecule has 0 radical (unpaired) electrons. The van der Waals surface area contributed by atoms with Crippen molar-refractivity contribution in [2.45, 2.75) is 18.0 Å². The maximum absolute atomic E-state index is 12.8. The first-order valence-corrected chi connectivity index (χ1v) is 7.24. The first-order chi connectivity index (χ1) is 8.49. The Morgan fingerprint density at radius 2 is 1.83 bits per heavy atom. The van der Waals surface area contributed by atoms with Gasteiger partial charge in [-0.2, -0.15) is 13.2 Å². The molecule has 0 spiro atoms. The number of thioether (sulfide) groups is 2. The Labute approximate surface area is 113 Å². The summed E-state index contributed by atoms with van der Waals surface area (Å²) in [6.07, 6.45) is -2.85. The fourth-order valence-corrected chi connectivity index (χ4v) is 2.93. The van der Waals surface area contributed by atoms with Crippen LogP contribution in [0.2, 0.25) is 0 Å². The number of benzene rings is 1. The van der Waals surface area contributed by atoms with E-state index in [9.17, 15) is 13.2 Å². The molecule has 0 fully saturated rings. The van der Waals surface area contributed by atoms with E-state index in [0.717, 1.165) is 28.4 Å². The Morgan fingerprint density at radius 1 is 1.22 bits per heavy atom. The average Bonchev–Trinajstić information content (AvgIpc) is 2.33. The van der Waals surface area contributed by atoms with Gasteiger partial charge in [0.25, 0.3) is 0 Å². The fourth-order valence-electron chi connectivity index (χ4n) is 1.18. The van der Waals surface area contributed by atoms with Gasteiger partial charge in [0.2, 0.25) is 5.76 Å². The monoisotopic (exact) mass is 294 g/mol. The highest BCUT2D eigenvalue weighted by Crippen LogP contribution is 2.41. The summed E-state index contributed by atoms with van der Waals surface area (Å²) < 4.78 is 43.4. The van der Waals surface area contributed by atoms with E-state index >= 15 is 0 Å². The van der Waals surface area contributed by atoms with E-state index in [1.165, 1.54) is 6.92 Å². The van der Waals surface area contributed by atoms with Crippen LogP contribution in [0.1, 0.15) is 6.92 Å². The molecule has 1 nitrogen and oxygen atoms in total. The molecule has 0 saturated carbocycles. The van der Waals surface area contributed by atoms with Gasteiger partial charge in [-0.15, -0.1) is 11.8 Å². The zero-order chi connectivity index (χ0) is 13.6. The number of ether oxygens (including phenoxy) is 1. The summed E-state index contributed by atoms with van der Waals surface area (Å²) in [5.74, 6) is -0.911. The summed E-state index contributed by atoms with van der Waals surface area (Å²) in [4.78, 5) is 0.753. The third-order valence-corrected chi connectivity index (χ3v) is 4.06. The predicted molar refractivity (Wildman–Crippen MR) is 70.5 cm³/mol. The first-order valence-electron chi connectivity index (χ1n) is 5.20. The number of rotatable bonds is 5. The molecule has 1 aromatic rings. The molecular formula is C12H13F3OS2. The highest BCUT2D eigenvalue weighted by atomic mass is 32.2. The molecule has 6 heteroatoms. The van der Waals surface area contributed by atoms with Crippen molar-refractivity contribution in [3.8, 4) is 0 Å². The molecule has 0 N–H and O–H groups in total. The van der Waals surface area contributed by atoms with Crippen LogP contribution in [0.3, 0.4) is 0 Å². The van der Waals surface area contributed by atoms with Crippen LogP contribution >= 0.6 is 23.5 Å². The normalized spacial score (nSPS) is 13.2. The second kappa shape index (κ2) is 6.99. The van der Waals surface area contributed by atoms with E-state index in [-0.39, 0.29) is 10.8 Å². The minimum atomic E-state index is -4.46. The van der Waals surface area contributed by atoms with Crippen molar-refractivity contribution in [2.24, 2.45) is 0 Å². The van der Waals surface area contributed by atoms with Gasteiger partial charge in [-0.25, -0.2) is 0 Å². The minimum absolute atomic E-state index is 0.00570. The van der Waals surface area contributed by atoms with E-state index in [4.69, 9.17) is 4.74 Å². The largest absolute Gasteiger partial charge is 0.488 e. The van der Waals surface area contributed by atoms with E-state index in [1.807, 2.05) is 6.07 Å². The molecule has 0 bridgehead atoms. The van der Waals surface area contributed by atoms with Crippen LogP contribution in [0.15, 0.2) is 45.2 Å². The van der Waals surface area contributed by atoms with Crippen molar-refractivity contribution in [3.05, 3.63) is 40.3 Å². The lowest BCUT2D eigenvalue weighted by Gasteiger charge is -2.16. The SMILES string of the molecule is CCO/C(=C(\SC)Sc1ccccc1)C(F)(F)F. The maximum atomic E-state index is 12.8. The van der Waals surface area contributed by atoms with E-state index < -0.39 is 11.9 Å². The van der Waals surface area contributed by atoms with E-state index in [2.05, 4.69) is 0 Å². The van der Waals surface area contributed by atoms with Crippen molar-refractivity contribution in [1.82, 2.24) is 0 Å². The summed E-state index contributed by atoms with van der Waals surface area (Å²) >= 11 is 2.10. The van der Waals surface area contributed by atoms with Crippen molar-refractivity contribution < 1.29 is 17.9 Å². The van der Waals surface area contributed by atoms with Gasteiger partial charge < -0.3 is 4.74 Å². The topological polar surface area (TPSA) is 9.23 Å². The molecule has 0 aliphatic rings. The summed E-state index contributed by atoms with van der Waals surface area (Å²) in [5.41, 5.74) is 0. The van der Waals surface area contributed by atoms with Gasteiger partial charge in [-0.1, -0.05) is 30.0 Å². The van der Waals surface area contributed by atoms with Crippen LogP contribution in [0.25, 0.3) is 0 Å². The first kappa shape index (κ1) is 15.3. The average molecular weight is 294 g/mol. The lowest BCUT2D eigenvalue weighted by Crippen LogP contribution is -2.16. The van der Waals surface area contributed by atoms with Crippen molar-refractivity contribution >= 4 is 23.5 Å². The Balaban J connectivity index is 3.03. The number of alkyl halides is 3. The van der Waals surface area contributed by atoms with Crippen LogP contribution in [0, 0.1) is 0 Å². The Hall–Kier alpha value is -0.750. The second-order valence-electron chi connectivity index (χ2n) is 3.17. The highest BCUT2D eigenvalue weighted by molar-refractivity contribution is 8.22. The molecule has 0 heterocycles. The fraction of sp³-hybridized carbons (Fsp3) is 0.333. The van der Waals surface area contributed by atoms with Crippen molar-refractivity contribution in [1.29, 1.82) is 0 Å².